The standard InChI is InChI=1S/C46H30.C40H26/c1-2-11-31(12-3-1)36-17-10-18-39(28-36)46-42-20-9-8-19-41(42)45(40-24-22-33-14-5-7-16-35(33)29-40)43-26-25-38(30-44(43)46)37-23-21-32-13-4-6-15-34(32)27-37;1-2-12-29(13-3-1)39-35-16-8-9-17-36(35)40(34-21-19-28-11-5-7-15-31(28)25-34)37-23-22-33(26-38(37)39)32-20-18-27-10-4-6-14-30(27)24-32/h1-30H;1-26H. The van der Waals surface area contributed by atoms with E-state index in [1.54, 1.807) is 0 Å². The number of benzene rings is 17. The molecule has 0 aliphatic rings. The monoisotopic (exact) mass is 1090 g/mol. The van der Waals surface area contributed by atoms with Crippen LogP contribution < -0.4 is 0 Å². The van der Waals surface area contributed by atoms with E-state index in [-0.39, 0.29) is 0 Å². The topological polar surface area (TPSA) is 0 Å². The van der Waals surface area contributed by atoms with Crippen molar-refractivity contribution in [1.82, 2.24) is 0 Å². The second kappa shape index (κ2) is 21.5. The van der Waals surface area contributed by atoms with Crippen LogP contribution in [0.2, 0.25) is 0 Å². The first-order chi connectivity index (χ1) is 42.6. The Hall–Kier alpha value is -11.2. The molecule has 0 saturated carbocycles. The van der Waals surface area contributed by atoms with Crippen LogP contribution in [0.4, 0.5) is 0 Å². The second-order valence-corrected chi connectivity index (χ2v) is 22.7. The quantitative estimate of drug-likeness (QED) is 0.140. The molecule has 0 nitrogen and oxygen atoms in total. The summed E-state index contributed by atoms with van der Waals surface area (Å²) >= 11 is 0. The Bertz CT molecular complexity index is 5460. The van der Waals surface area contributed by atoms with E-state index < -0.39 is 0 Å². The van der Waals surface area contributed by atoms with Gasteiger partial charge in [-0.25, -0.2) is 0 Å². The minimum Gasteiger partial charge on any atom is -0.0622 e. The lowest BCUT2D eigenvalue weighted by Gasteiger charge is -2.19. The summed E-state index contributed by atoms with van der Waals surface area (Å²) in [5.41, 5.74) is 17.5. The van der Waals surface area contributed by atoms with Gasteiger partial charge in [-0.05, 0) is 207 Å². The molecule has 17 rings (SSSR count). The molecule has 400 valence electrons. The van der Waals surface area contributed by atoms with Gasteiger partial charge in [0.05, 0.1) is 0 Å². The van der Waals surface area contributed by atoms with Crippen molar-refractivity contribution in [3.8, 4) is 77.9 Å². The fourth-order valence-electron chi connectivity index (χ4n) is 13.5. The zero-order valence-electron chi connectivity index (χ0n) is 47.3. The van der Waals surface area contributed by atoms with Crippen LogP contribution >= 0.6 is 0 Å². The Balaban J connectivity index is 0.000000141. The third kappa shape index (κ3) is 9.13. The van der Waals surface area contributed by atoms with Gasteiger partial charge in [0.25, 0.3) is 0 Å². The van der Waals surface area contributed by atoms with Crippen molar-refractivity contribution in [2.45, 2.75) is 0 Å². The minimum atomic E-state index is 1.22. The average Bonchev–Trinajstić information content (AvgIpc) is 3.58. The number of rotatable bonds is 7. The largest absolute Gasteiger partial charge is 0.0622 e. The first-order valence-electron chi connectivity index (χ1n) is 29.8. The van der Waals surface area contributed by atoms with Gasteiger partial charge >= 0.3 is 0 Å². The highest BCUT2D eigenvalue weighted by atomic mass is 14.2. The van der Waals surface area contributed by atoms with Gasteiger partial charge in [-0.3, -0.25) is 0 Å². The fraction of sp³-hybridized carbons (Fsp3) is 0. The average molecular weight is 1090 g/mol. The highest BCUT2D eigenvalue weighted by Crippen LogP contribution is 2.48. The van der Waals surface area contributed by atoms with Crippen molar-refractivity contribution >= 4 is 86.2 Å². The predicted octanol–water partition coefficient (Wildman–Crippen LogP) is 24.3. The number of hydrogen-bond donors (Lipinski definition) is 0. The van der Waals surface area contributed by atoms with Crippen molar-refractivity contribution in [3.05, 3.63) is 340 Å². The van der Waals surface area contributed by atoms with Crippen molar-refractivity contribution in [1.29, 1.82) is 0 Å². The summed E-state index contributed by atoms with van der Waals surface area (Å²) in [6, 6.07) is 124. The molecule has 0 aliphatic carbocycles. The molecular formula is C86H56. The Morgan fingerprint density at radius 2 is 0.349 bits per heavy atom. The second-order valence-electron chi connectivity index (χ2n) is 22.7. The van der Waals surface area contributed by atoms with Gasteiger partial charge in [0.15, 0.2) is 0 Å². The van der Waals surface area contributed by atoms with Crippen LogP contribution in [0.15, 0.2) is 340 Å². The van der Waals surface area contributed by atoms with E-state index in [1.165, 1.54) is 164 Å². The van der Waals surface area contributed by atoms with E-state index in [4.69, 9.17) is 0 Å². The molecule has 0 atom stereocenters. The molecule has 0 heterocycles. The lowest BCUT2D eigenvalue weighted by Crippen LogP contribution is -1.92. The Kier molecular flexibility index (Phi) is 12.7. The molecule has 0 amide bonds. The Morgan fingerprint density at radius 1 is 0.105 bits per heavy atom. The van der Waals surface area contributed by atoms with Gasteiger partial charge in [0.1, 0.15) is 0 Å². The summed E-state index contributed by atoms with van der Waals surface area (Å²) in [6.45, 7) is 0. The number of hydrogen-bond acceptors (Lipinski definition) is 0. The van der Waals surface area contributed by atoms with Crippen molar-refractivity contribution in [2.75, 3.05) is 0 Å². The summed E-state index contributed by atoms with van der Waals surface area (Å²) < 4.78 is 0. The molecule has 0 N–H and O–H groups in total. The minimum absolute atomic E-state index is 1.22. The van der Waals surface area contributed by atoms with E-state index >= 15 is 0 Å². The molecule has 0 heteroatoms. The summed E-state index contributed by atoms with van der Waals surface area (Å²) in [5, 5.41) is 20.2. The smallest absolute Gasteiger partial charge is 0.00259 e. The van der Waals surface area contributed by atoms with E-state index in [0.717, 1.165) is 0 Å². The van der Waals surface area contributed by atoms with Gasteiger partial charge in [-0.2, -0.15) is 0 Å². The molecule has 0 aliphatic heterocycles. The number of fused-ring (bicyclic) bond motifs is 8. The van der Waals surface area contributed by atoms with Crippen LogP contribution in [0.25, 0.3) is 164 Å². The van der Waals surface area contributed by atoms with Crippen LogP contribution in [0.3, 0.4) is 0 Å². The van der Waals surface area contributed by atoms with Gasteiger partial charge in [0.2, 0.25) is 0 Å². The van der Waals surface area contributed by atoms with Crippen molar-refractivity contribution in [2.24, 2.45) is 0 Å². The lowest BCUT2D eigenvalue weighted by molar-refractivity contribution is 1.61. The van der Waals surface area contributed by atoms with Gasteiger partial charge in [-0.1, -0.05) is 297 Å². The third-order valence-electron chi connectivity index (χ3n) is 17.6. The zero-order chi connectivity index (χ0) is 56.9. The van der Waals surface area contributed by atoms with Crippen LogP contribution in [-0.2, 0) is 0 Å². The highest BCUT2D eigenvalue weighted by Gasteiger charge is 2.21. The molecule has 0 saturated heterocycles. The Morgan fingerprint density at radius 3 is 0.767 bits per heavy atom. The Labute approximate surface area is 500 Å². The van der Waals surface area contributed by atoms with Crippen LogP contribution in [-0.4, -0.2) is 0 Å². The third-order valence-corrected chi connectivity index (χ3v) is 17.6. The maximum Gasteiger partial charge on any atom is -0.00259 e. The molecule has 0 aromatic heterocycles. The van der Waals surface area contributed by atoms with E-state index in [2.05, 4.69) is 340 Å². The van der Waals surface area contributed by atoms with Crippen LogP contribution in [0, 0.1) is 0 Å². The van der Waals surface area contributed by atoms with E-state index in [9.17, 15) is 0 Å². The fourth-order valence-corrected chi connectivity index (χ4v) is 13.5. The summed E-state index contributed by atoms with van der Waals surface area (Å²) in [7, 11) is 0. The molecule has 0 radical (unpaired) electrons. The van der Waals surface area contributed by atoms with Crippen LogP contribution in [0.1, 0.15) is 0 Å². The first kappa shape index (κ1) is 50.5. The normalized spacial score (nSPS) is 11.5. The summed E-state index contributed by atoms with van der Waals surface area (Å²) in [6.07, 6.45) is 0. The predicted molar refractivity (Wildman–Crippen MR) is 371 cm³/mol. The molecular weight excluding hydrogens is 1030 g/mol. The molecule has 0 fully saturated rings. The molecule has 86 heavy (non-hydrogen) atoms. The van der Waals surface area contributed by atoms with E-state index in [1.807, 2.05) is 0 Å². The summed E-state index contributed by atoms with van der Waals surface area (Å²) in [4.78, 5) is 0. The van der Waals surface area contributed by atoms with Gasteiger partial charge in [0, 0.05) is 0 Å². The molecule has 0 unspecified atom stereocenters. The lowest BCUT2D eigenvalue weighted by atomic mass is 9.84. The summed E-state index contributed by atoms with van der Waals surface area (Å²) in [5.74, 6) is 0. The molecule has 17 aromatic rings. The molecule has 0 bridgehead atoms. The van der Waals surface area contributed by atoms with Gasteiger partial charge in [-0.15, -0.1) is 0 Å². The first-order valence-corrected chi connectivity index (χ1v) is 29.8. The molecule has 0 spiro atoms. The SMILES string of the molecule is c1ccc(-c2c3ccccc3c(-c3ccc4ccccc4c3)c3ccc(-c4ccc5ccccc5c4)cc23)cc1.c1ccc(-c2cccc(-c3c4ccccc4c(-c4ccc5ccccc5c4)c4ccc(-c5ccc6ccccc6c5)cc34)c2)cc1. The van der Waals surface area contributed by atoms with E-state index in [0.29, 0.717) is 0 Å². The van der Waals surface area contributed by atoms with Gasteiger partial charge < -0.3 is 0 Å². The van der Waals surface area contributed by atoms with Crippen LogP contribution in [0.5, 0.6) is 0 Å². The maximum absolute atomic E-state index is 2.42. The van der Waals surface area contributed by atoms with Crippen molar-refractivity contribution in [3.63, 3.8) is 0 Å². The molecule has 17 aromatic carbocycles. The highest BCUT2D eigenvalue weighted by molar-refractivity contribution is 6.24. The maximum atomic E-state index is 2.42. The zero-order valence-corrected chi connectivity index (χ0v) is 47.3. The van der Waals surface area contributed by atoms with Crippen molar-refractivity contribution < 1.29 is 0 Å².